The second-order valence-corrected chi connectivity index (χ2v) is 7.97. The summed E-state index contributed by atoms with van der Waals surface area (Å²) in [4.78, 5) is 70.5. The van der Waals surface area contributed by atoms with Gasteiger partial charge in [-0.3, -0.25) is 24.0 Å². The highest BCUT2D eigenvalue weighted by Crippen LogP contribution is 2.11. The Bertz CT molecular complexity index is 758. The molecule has 0 aromatic carbocycles. The molecular formula is C20H34N4O10. The summed E-state index contributed by atoms with van der Waals surface area (Å²) < 4.78 is 0. The van der Waals surface area contributed by atoms with E-state index in [1.807, 2.05) is 0 Å². The van der Waals surface area contributed by atoms with Crippen LogP contribution in [0.2, 0.25) is 0 Å². The molecule has 194 valence electrons. The molecule has 0 fully saturated rings. The Morgan fingerprint density at radius 1 is 0.765 bits per heavy atom. The summed E-state index contributed by atoms with van der Waals surface area (Å²) in [5.74, 6) is -7.08. The molecule has 0 saturated heterocycles. The van der Waals surface area contributed by atoms with Gasteiger partial charge in [-0.25, -0.2) is 4.79 Å². The Morgan fingerprint density at radius 2 is 1.24 bits per heavy atom. The molecule has 0 aromatic heterocycles. The molecule has 6 unspecified atom stereocenters. The molecular weight excluding hydrogens is 456 g/mol. The first-order chi connectivity index (χ1) is 15.7. The molecule has 0 aromatic rings. The lowest BCUT2D eigenvalue weighted by Crippen LogP contribution is -2.61. The van der Waals surface area contributed by atoms with Crippen molar-refractivity contribution < 1.29 is 49.2 Å². The van der Waals surface area contributed by atoms with Crippen LogP contribution in [0.3, 0.4) is 0 Å². The van der Waals surface area contributed by atoms with Gasteiger partial charge < -0.3 is 42.1 Å². The maximum Gasteiger partial charge on any atom is 0.326 e. The molecule has 6 atom stereocenters. The summed E-state index contributed by atoms with van der Waals surface area (Å²) in [5, 5.41) is 43.5. The number of amides is 3. The fourth-order valence-electron chi connectivity index (χ4n) is 2.81. The largest absolute Gasteiger partial charge is 0.481 e. The van der Waals surface area contributed by atoms with Gasteiger partial charge in [-0.1, -0.05) is 20.3 Å². The highest BCUT2D eigenvalue weighted by atomic mass is 16.4. The van der Waals surface area contributed by atoms with Gasteiger partial charge in [0.25, 0.3) is 0 Å². The van der Waals surface area contributed by atoms with Gasteiger partial charge in [0.1, 0.15) is 18.1 Å². The topological polar surface area (TPSA) is 245 Å². The molecule has 9 N–H and O–H groups in total. The van der Waals surface area contributed by atoms with E-state index >= 15 is 0 Å². The number of rotatable bonds is 16. The summed E-state index contributed by atoms with van der Waals surface area (Å²) in [6.45, 7) is 4.53. The lowest BCUT2D eigenvalue weighted by Gasteiger charge is -2.29. The molecule has 3 amide bonds. The first-order valence-electron chi connectivity index (χ1n) is 10.7. The van der Waals surface area contributed by atoms with E-state index in [2.05, 4.69) is 16.0 Å². The molecule has 0 aliphatic carbocycles. The van der Waals surface area contributed by atoms with Crippen molar-refractivity contribution in [3.63, 3.8) is 0 Å². The zero-order valence-corrected chi connectivity index (χ0v) is 19.3. The fourth-order valence-corrected chi connectivity index (χ4v) is 2.81. The highest BCUT2D eigenvalue weighted by Gasteiger charge is 2.34. The number of aliphatic hydroxyl groups is 1. The van der Waals surface area contributed by atoms with Crippen LogP contribution >= 0.6 is 0 Å². The maximum absolute atomic E-state index is 12.8. The quantitative estimate of drug-likeness (QED) is 0.118. The molecule has 14 nitrogen and oxygen atoms in total. The van der Waals surface area contributed by atoms with Gasteiger partial charge in [-0.15, -0.1) is 0 Å². The minimum atomic E-state index is -1.54. The smallest absolute Gasteiger partial charge is 0.326 e. The second-order valence-electron chi connectivity index (χ2n) is 7.97. The van der Waals surface area contributed by atoms with Crippen LogP contribution in [-0.2, 0) is 28.8 Å². The minimum absolute atomic E-state index is 0.208. The Morgan fingerprint density at radius 3 is 1.68 bits per heavy atom. The number of carboxylic acids is 3. The van der Waals surface area contributed by atoms with Gasteiger partial charge in [0, 0.05) is 12.8 Å². The predicted molar refractivity (Wildman–Crippen MR) is 116 cm³/mol. The monoisotopic (exact) mass is 490 g/mol. The third-order valence-corrected chi connectivity index (χ3v) is 5.12. The van der Waals surface area contributed by atoms with Crippen LogP contribution < -0.4 is 21.7 Å². The Kier molecular flexibility index (Phi) is 13.4. The third-order valence-electron chi connectivity index (χ3n) is 5.12. The van der Waals surface area contributed by atoms with E-state index in [9.17, 15) is 39.0 Å². The standard InChI is InChI=1S/C20H34N4O10/c1-4-9(2)15(18(31)22-12(20(33)34)6-8-14(28)29)23-19(32)16(10(3)25)24-17(30)11(21)5-7-13(26)27/h9-12,15-16,25H,4-8,21H2,1-3H3,(H,22,31)(H,23,32)(H,24,30)(H,26,27)(H,28,29)(H,33,34). The molecule has 0 heterocycles. The second kappa shape index (κ2) is 14.8. The third kappa shape index (κ3) is 11.0. The van der Waals surface area contributed by atoms with Crippen molar-refractivity contribution in [2.24, 2.45) is 11.7 Å². The van der Waals surface area contributed by atoms with Gasteiger partial charge >= 0.3 is 17.9 Å². The van der Waals surface area contributed by atoms with E-state index in [0.717, 1.165) is 0 Å². The van der Waals surface area contributed by atoms with E-state index < -0.39 is 78.2 Å². The average molecular weight is 491 g/mol. The lowest BCUT2D eigenvalue weighted by atomic mass is 9.96. The zero-order valence-electron chi connectivity index (χ0n) is 19.3. The first kappa shape index (κ1) is 30.7. The Balaban J connectivity index is 5.46. The number of hydrogen-bond donors (Lipinski definition) is 8. The lowest BCUT2D eigenvalue weighted by molar-refractivity contribution is -0.144. The van der Waals surface area contributed by atoms with Crippen LogP contribution in [0.25, 0.3) is 0 Å². The van der Waals surface area contributed by atoms with Gasteiger partial charge in [-0.05, 0) is 25.7 Å². The Labute approximate surface area is 196 Å². The molecule has 0 radical (unpaired) electrons. The molecule has 0 rings (SSSR count). The predicted octanol–water partition coefficient (Wildman–Crippen LogP) is -1.99. The maximum atomic E-state index is 12.8. The molecule has 0 saturated carbocycles. The van der Waals surface area contributed by atoms with Crippen LogP contribution in [0.5, 0.6) is 0 Å². The van der Waals surface area contributed by atoms with Gasteiger partial charge in [-0.2, -0.15) is 0 Å². The number of aliphatic hydroxyl groups excluding tert-OH is 1. The van der Waals surface area contributed by atoms with Gasteiger partial charge in [0.2, 0.25) is 17.7 Å². The van der Waals surface area contributed by atoms with Crippen LogP contribution in [0.15, 0.2) is 0 Å². The SMILES string of the molecule is CCC(C)C(NC(=O)C(NC(=O)C(N)CCC(=O)O)C(C)O)C(=O)NC(CCC(=O)O)C(=O)O. The number of carbonyl (C=O) groups excluding carboxylic acids is 3. The van der Waals surface area contributed by atoms with E-state index in [-0.39, 0.29) is 19.3 Å². The van der Waals surface area contributed by atoms with Crippen molar-refractivity contribution in [2.45, 2.75) is 83.1 Å². The van der Waals surface area contributed by atoms with Gasteiger partial charge in [0.05, 0.1) is 12.1 Å². The minimum Gasteiger partial charge on any atom is -0.481 e. The molecule has 0 bridgehead atoms. The van der Waals surface area contributed by atoms with Crippen molar-refractivity contribution in [3.8, 4) is 0 Å². The normalized spacial score (nSPS) is 16.1. The van der Waals surface area contributed by atoms with Crippen LogP contribution in [0, 0.1) is 5.92 Å². The highest BCUT2D eigenvalue weighted by molar-refractivity contribution is 5.94. The number of hydrogen-bond acceptors (Lipinski definition) is 8. The van der Waals surface area contributed by atoms with Crippen molar-refractivity contribution in [3.05, 3.63) is 0 Å². The molecule has 0 aliphatic heterocycles. The van der Waals surface area contributed by atoms with E-state index in [1.54, 1.807) is 13.8 Å². The van der Waals surface area contributed by atoms with Crippen molar-refractivity contribution in [1.82, 2.24) is 16.0 Å². The van der Waals surface area contributed by atoms with Gasteiger partial charge in [0.15, 0.2) is 0 Å². The van der Waals surface area contributed by atoms with Crippen molar-refractivity contribution in [1.29, 1.82) is 0 Å². The zero-order chi connectivity index (χ0) is 26.6. The van der Waals surface area contributed by atoms with Crippen molar-refractivity contribution >= 4 is 35.6 Å². The number of carboxylic acid groups (broad SMARTS) is 3. The molecule has 34 heavy (non-hydrogen) atoms. The van der Waals surface area contributed by atoms with E-state index in [1.165, 1.54) is 6.92 Å². The summed E-state index contributed by atoms with van der Waals surface area (Å²) >= 11 is 0. The number of aliphatic carboxylic acids is 3. The molecule has 14 heteroatoms. The first-order valence-corrected chi connectivity index (χ1v) is 10.7. The fraction of sp³-hybridized carbons (Fsp3) is 0.700. The molecule has 0 aliphatic rings. The summed E-state index contributed by atoms with van der Waals surface area (Å²) in [6, 6.07) is -5.57. The van der Waals surface area contributed by atoms with Crippen LogP contribution in [-0.4, -0.2) is 86.3 Å². The number of nitrogens with two attached hydrogens (primary N) is 1. The number of nitrogens with one attached hydrogen (secondary N) is 3. The molecule has 0 spiro atoms. The summed E-state index contributed by atoms with van der Waals surface area (Å²) in [6.07, 6.45) is -2.51. The van der Waals surface area contributed by atoms with Crippen LogP contribution in [0.1, 0.15) is 52.9 Å². The summed E-state index contributed by atoms with van der Waals surface area (Å²) in [5.41, 5.74) is 5.62. The number of carbonyl (C=O) groups is 6. The van der Waals surface area contributed by atoms with E-state index in [0.29, 0.717) is 6.42 Å². The van der Waals surface area contributed by atoms with Crippen LogP contribution in [0.4, 0.5) is 0 Å². The summed E-state index contributed by atoms with van der Waals surface area (Å²) in [7, 11) is 0. The van der Waals surface area contributed by atoms with E-state index in [4.69, 9.17) is 15.9 Å². The van der Waals surface area contributed by atoms with Crippen molar-refractivity contribution in [2.75, 3.05) is 0 Å². The average Bonchev–Trinajstić information content (AvgIpc) is 2.74. The Hall–Kier alpha value is -3.26.